The zero-order valence-electron chi connectivity index (χ0n) is 13.2. The van der Waals surface area contributed by atoms with Crippen molar-refractivity contribution < 1.29 is 0 Å². The Labute approximate surface area is 128 Å². The fourth-order valence-corrected chi connectivity index (χ4v) is 2.43. The van der Waals surface area contributed by atoms with Crippen LogP contribution in [0.25, 0.3) is 0 Å². The highest BCUT2D eigenvalue weighted by Gasteiger charge is 2.04. The van der Waals surface area contributed by atoms with E-state index < -0.39 is 0 Å². The normalized spacial score (nSPS) is 10.4. The molecule has 0 unspecified atom stereocenters. The standard InChI is InChI=1S/C18H25N3/c1-4-21(5-2)18-12-11-16(15(3)13-18)14-19-20-17-9-7-6-8-10-17/h6-13,19-20H,4-5,14H2,1-3H3. The van der Waals surface area contributed by atoms with E-state index in [1.165, 1.54) is 16.8 Å². The Morgan fingerprint density at radius 3 is 2.29 bits per heavy atom. The Kier molecular flexibility index (Phi) is 5.64. The molecule has 0 bridgehead atoms. The van der Waals surface area contributed by atoms with Crippen LogP contribution in [0.15, 0.2) is 48.5 Å². The lowest BCUT2D eigenvalue weighted by atomic mass is 10.1. The van der Waals surface area contributed by atoms with Crippen molar-refractivity contribution in [2.75, 3.05) is 23.4 Å². The van der Waals surface area contributed by atoms with Gasteiger partial charge in [-0.05, 0) is 56.2 Å². The van der Waals surface area contributed by atoms with Gasteiger partial charge in [-0.1, -0.05) is 24.3 Å². The van der Waals surface area contributed by atoms with Crippen LogP contribution in [0.1, 0.15) is 25.0 Å². The van der Waals surface area contributed by atoms with Gasteiger partial charge in [0.25, 0.3) is 0 Å². The van der Waals surface area contributed by atoms with Gasteiger partial charge >= 0.3 is 0 Å². The predicted octanol–water partition coefficient (Wildman–Crippen LogP) is 3.96. The lowest BCUT2D eigenvalue weighted by Crippen LogP contribution is -2.23. The zero-order valence-corrected chi connectivity index (χ0v) is 13.2. The van der Waals surface area contributed by atoms with Crippen molar-refractivity contribution in [2.24, 2.45) is 0 Å². The van der Waals surface area contributed by atoms with Crippen molar-refractivity contribution in [3.8, 4) is 0 Å². The van der Waals surface area contributed by atoms with Crippen LogP contribution in [0.2, 0.25) is 0 Å². The molecule has 3 heteroatoms. The van der Waals surface area contributed by atoms with Gasteiger partial charge in [0.1, 0.15) is 0 Å². The van der Waals surface area contributed by atoms with Gasteiger partial charge in [0.2, 0.25) is 0 Å². The topological polar surface area (TPSA) is 27.3 Å². The highest BCUT2D eigenvalue weighted by Crippen LogP contribution is 2.19. The van der Waals surface area contributed by atoms with E-state index in [1.54, 1.807) is 0 Å². The first kappa shape index (κ1) is 15.4. The molecule has 0 aliphatic rings. The molecule has 2 N–H and O–H groups in total. The SMILES string of the molecule is CCN(CC)c1ccc(CNNc2ccccc2)c(C)c1. The van der Waals surface area contributed by atoms with Crippen LogP contribution in [0.5, 0.6) is 0 Å². The lowest BCUT2D eigenvalue weighted by molar-refractivity contribution is 0.794. The van der Waals surface area contributed by atoms with Gasteiger partial charge in [0.15, 0.2) is 0 Å². The molecule has 0 atom stereocenters. The molecule has 3 nitrogen and oxygen atoms in total. The predicted molar refractivity (Wildman–Crippen MR) is 91.6 cm³/mol. The summed E-state index contributed by atoms with van der Waals surface area (Å²) in [5, 5.41) is 0. The molecule has 0 spiro atoms. The molecule has 0 fully saturated rings. The van der Waals surface area contributed by atoms with Gasteiger partial charge in [0.05, 0.1) is 0 Å². The number of hydrazine groups is 1. The smallest absolute Gasteiger partial charge is 0.0487 e. The second-order valence-corrected chi connectivity index (χ2v) is 5.13. The number of rotatable bonds is 7. The summed E-state index contributed by atoms with van der Waals surface area (Å²) >= 11 is 0. The monoisotopic (exact) mass is 283 g/mol. The van der Waals surface area contributed by atoms with Crippen molar-refractivity contribution in [2.45, 2.75) is 27.3 Å². The summed E-state index contributed by atoms with van der Waals surface area (Å²) in [6.45, 7) is 9.45. The number of aryl methyl sites for hydroxylation is 1. The highest BCUT2D eigenvalue weighted by molar-refractivity contribution is 5.50. The van der Waals surface area contributed by atoms with Crippen molar-refractivity contribution in [3.05, 3.63) is 59.7 Å². The van der Waals surface area contributed by atoms with E-state index in [0.29, 0.717) is 0 Å². The molecule has 2 rings (SSSR count). The van der Waals surface area contributed by atoms with Crippen LogP contribution in [-0.2, 0) is 6.54 Å². The van der Waals surface area contributed by atoms with E-state index in [9.17, 15) is 0 Å². The van der Waals surface area contributed by atoms with E-state index >= 15 is 0 Å². The Balaban J connectivity index is 1.95. The number of hydrogen-bond acceptors (Lipinski definition) is 3. The van der Waals surface area contributed by atoms with Crippen LogP contribution in [0.3, 0.4) is 0 Å². The molecule has 0 aromatic heterocycles. The fourth-order valence-electron chi connectivity index (χ4n) is 2.43. The Bertz CT molecular complexity index is 548. The molecule has 0 saturated heterocycles. The summed E-state index contributed by atoms with van der Waals surface area (Å²) in [5.41, 5.74) is 11.5. The maximum Gasteiger partial charge on any atom is 0.0487 e. The Morgan fingerprint density at radius 1 is 0.952 bits per heavy atom. The van der Waals surface area contributed by atoms with E-state index in [2.05, 4.69) is 54.7 Å². The third kappa shape index (κ3) is 4.23. The Morgan fingerprint density at radius 2 is 1.67 bits per heavy atom. The summed E-state index contributed by atoms with van der Waals surface area (Å²) < 4.78 is 0. The number of nitrogens with one attached hydrogen (secondary N) is 2. The quantitative estimate of drug-likeness (QED) is 0.753. The van der Waals surface area contributed by atoms with Gasteiger partial charge in [-0.15, -0.1) is 0 Å². The van der Waals surface area contributed by atoms with E-state index in [-0.39, 0.29) is 0 Å². The molecule has 2 aromatic carbocycles. The minimum Gasteiger partial charge on any atom is -0.372 e. The van der Waals surface area contributed by atoms with E-state index in [1.807, 2.05) is 30.3 Å². The first-order chi connectivity index (χ1) is 10.2. The molecule has 0 aliphatic heterocycles. The first-order valence-electron chi connectivity index (χ1n) is 7.63. The highest BCUT2D eigenvalue weighted by atomic mass is 15.3. The second-order valence-electron chi connectivity index (χ2n) is 5.13. The van der Waals surface area contributed by atoms with Crippen molar-refractivity contribution >= 4 is 11.4 Å². The summed E-state index contributed by atoms with van der Waals surface area (Å²) in [6.07, 6.45) is 0. The minimum absolute atomic E-state index is 0.805. The molecule has 112 valence electrons. The van der Waals surface area contributed by atoms with Gasteiger partial charge < -0.3 is 10.3 Å². The Hall–Kier alpha value is -2.00. The number of hydrogen-bond donors (Lipinski definition) is 2. The molecule has 0 saturated carbocycles. The van der Waals surface area contributed by atoms with Crippen molar-refractivity contribution in [3.63, 3.8) is 0 Å². The molecule has 21 heavy (non-hydrogen) atoms. The maximum absolute atomic E-state index is 3.27. The van der Waals surface area contributed by atoms with E-state index in [4.69, 9.17) is 0 Å². The fraction of sp³-hybridized carbons (Fsp3) is 0.333. The average molecular weight is 283 g/mol. The van der Waals surface area contributed by atoms with Crippen LogP contribution in [0, 0.1) is 6.92 Å². The molecule has 0 heterocycles. The third-order valence-corrected chi connectivity index (χ3v) is 3.74. The molecule has 0 aliphatic carbocycles. The molecular weight excluding hydrogens is 258 g/mol. The van der Waals surface area contributed by atoms with Crippen LogP contribution < -0.4 is 15.8 Å². The summed E-state index contributed by atoms with van der Waals surface area (Å²) in [7, 11) is 0. The molecule has 0 amide bonds. The van der Waals surface area contributed by atoms with Gasteiger partial charge in [-0.2, -0.15) is 0 Å². The number of nitrogens with zero attached hydrogens (tertiary/aromatic N) is 1. The number of benzene rings is 2. The zero-order chi connectivity index (χ0) is 15.1. The lowest BCUT2D eigenvalue weighted by Gasteiger charge is -2.22. The summed E-state index contributed by atoms with van der Waals surface area (Å²) in [5.74, 6) is 0. The van der Waals surface area contributed by atoms with Gasteiger partial charge in [0, 0.05) is 31.0 Å². The second kappa shape index (κ2) is 7.70. The minimum atomic E-state index is 0.805. The molecular formula is C18H25N3. The number of anilines is 2. The largest absolute Gasteiger partial charge is 0.372 e. The number of para-hydroxylation sites is 1. The maximum atomic E-state index is 3.27. The molecule has 2 aromatic rings. The van der Waals surface area contributed by atoms with Gasteiger partial charge in [-0.3, -0.25) is 0 Å². The van der Waals surface area contributed by atoms with Crippen LogP contribution >= 0.6 is 0 Å². The van der Waals surface area contributed by atoms with Gasteiger partial charge in [-0.25, -0.2) is 5.43 Å². The third-order valence-electron chi connectivity index (χ3n) is 3.74. The van der Waals surface area contributed by atoms with E-state index in [0.717, 1.165) is 25.3 Å². The van der Waals surface area contributed by atoms with Crippen LogP contribution in [-0.4, -0.2) is 13.1 Å². The average Bonchev–Trinajstić information content (AvgIpc) is 2.51. The summed E-state index contributed by atoms with van der Waals surface area (Å²) in [6, 6.07) is 16.8. The van der Waals surface area contributed by atoms with Crippen LogP contribution in [0.4, 0.5) is 11.4 Å². The molecule has 0 radical (unpaired) electrons. The van der Waals surface area contributed by atoms with Crippen molar-refractivity contribution in [1.82, 2.24) is 5.43 Å². The van der Waals surface area contributed by atoms with Crippen molar-refractivity contribution in [1.29, 1.82) is 0 Å². The first-order valence-corrected chi connectivity index (χ1v) is 7.63. The summed E-state index contributed by atoms with van der Waals surface area (Å²) in [4.78, 5) is 2.37.